The van der Waals surface area contributed by atoms with Gasteiger partial charge in [0.25, 0.3) is 0 Å². The smallest absolute Gasteiger partial charge is 0.319 e. The Morgan fingerprint density at radius 3 is 2.63 bits per heavy atom. The number of anilines is 1. The molecule has 1 unspecified atom stereocenters. The fourth-order valence-corrected chi connectivity index (χ4v) is 1.62. The molecule has 104 valence electrons. The van der Waals surface area contributed by atoms with Gasteiger partial charge in [-0.3, -0.25) is 9.78 Å². The number of aliphatic carboxylic acids is 1. The second-order valence-electron chi connectivity index (χ2n) is 4.62. The lowest BCUT2D eigenvalue weighted by atomic mass is 10.1. The van der Waals surface area contributed by atoms with E-state index in [1.54, 1.807) is 13.0 Å². The first kappa shape index (κ1) is 14.9. The first-order valence-electron chi connectivity index (χ1n) is 6.09. The van der Waals surface area contributed by atoms with Gasteiger partial charge < -0.3 is 15.7 Å². The quantitative estimate of drug-likeness (QED) is 0.758. The molecular weight excluding hydrogens is 246 g/mol. The van der Waals surface area contributed by atoms with E-state index in [4.69, 9.17) is 5.11 Å². The highest BCUT2D eigenvalue weighted by Gasteiger charge is 2.10. The van der Waals surface area contributed by atoms with Crippen LogP contribution in [0.15, 0.2) is 12.1 Å². The maximum Gasteiger partial charge on any atom is 0.319 e. The highest BCUT2D eigenvalue weighted by atomic mass is 16.4. The summed E-state index contributed by atoms with van der Waals surface area (Å²) in [4.78, 5) is 26.4. The Hall–Kier alpha value is -2.11. The molecule has 0 aliphatic heterocycles. The molecular formula is C13H19N3O3. The molecule has 0 saturated carbocycles. The number of nitrogens with one attached hydrogen (secondary N) is 2. The topological polar surface area (TPSA) is 91.3 Å². The Bertz CT molecular complexity index is 474. The third-order valence-corrected chi connectivity index (χ3v) is 2.61. The first-order chi connectivity index (χ1) is 8.88. The fraction of sp³-hybridized carbons (Fsp3) is 0.462. The molecule has 0 aromatic carbocycles. The molecule has 1 aromatic heterocycles. The van der Waals surface area contributed by atoms with Gasteiger partial charge in [-0.1, -0.05) is 6.92 Å². The number of aryl methyl sites for hydroxylation is 2. The largest absolute Gasteiger partial charge is 0.481 e. The minimum Gasteiger partial charge on any atom is -0.481 e. The zero-order valence-electron chi connectivity index (χ0n) is 11.4. The van der Waals surface area contributed by atoms with E-state index in [0.29, 0.717) is 12.2 Å². The van der Waals surface area contributed by atoms with Crippen LogP contribution >= 0.6 is 0 Å². The van der Waals surface area contributed by atoms with Crippen molar-refractivity contribution in [1.82, 2.24) is 10.3 Å². The molecule has 0 aliphatic carbocycles. The van der Waals surface area contributed by atoms with Gasteiger partial charge >= 0.3 is 12.0 Å². The van der Waals surface area contributed by atoms with Crippen molar-refractivity contribution in [1.29, 1.82) is 0 Å². The molecule has 0 saturated heterocycles. The average Bonchev–Trinajstić information content (AvgIpc) is 2.29. The molecule has 0 bridgehead atoms. The molecule has 0 spiro atoms. The maximum absolute atomic E-state index is 11.6. The molecule has 6 heteroatoms. The Morgan fingerprint density at radius 1 is 1.37 bits per heavy atom. The van der Waals surface area contributed by atoms with Gasteiger partial charge in [-0.15, -0.1) is 0 Å². The number of carbonyl (C=O) groups is 2. The van der Waals surface area contributed by atoms with Crippen LogP contribution in [-0.4, -0.2) is 28.6 Å². The molecule has 0 fully saturated rings. The summed E-state index contributed by atoms with van der Waals surface area (Å²) in [6, 6.07) is 3.25. The van der Waals surface area contributed by atoms with Gasteiger partial charge in [0.2, 0.25) is 0 Å². The van der Waals surface area contributed by atoms with E-state index >= 15 is 0 Å². The van der Waals surface area contributed by atoms with Crippen molar-refractivity contribution in [3.8, 4) is 0 Å². The zero-order valence-corrected chi connectivity index (χ0v) is 11.4. The van der Waals surface area contributed by atoms with E-state index in [2.05, 4.69) is 15.6 Å². The van der Waals surface area contributed by atoms with E-state index in [9.17, 15) is 9.59 Å². The summed E-state index contributed by atoms with van der Waals surface area (Å²) >= 11 is 0. The van der Waals surface area contributed by atoms with Crippen LogP contribution in [0.25, 0.3) is 0 Å². The number of hydrogen-bond acceptors (Lipinski definition) is 3. The summed E-state index contributed by atoms with van der Waals surface area (Å²) in [5.74, 6) is -0.978. The summed E-state index contributed by atoms with van der Waals surface area (Å²) < 4.78 is 0. The lowest BCUT2D eigenvalue weighted by molar-refractivity contribution is -0.137. The van der Waals surface area contributed by atoms with Crippen LogP contribution in [0.2, 0.25) is 0 Å². The van der Waals surface area contributed by atoms with Crippen molar-refractivity contribution in [3.05, 3.63) is 23.5 Å². The molecule has 0 aliphatic rings. The van der Waals surface area contributed by atoms with Crippen molar-refractivity contribution < 1.29 is 14.7 Å². The summed E-state index contributed by atoms with van der Waals surface area (Å²) in [5.41, 5.74) is 2.28. The van der Waals surface area contributed by atoms with Crippen molar-refractivity contribution in [2.45, 2.75) is 27.2 Å². The van der Waals surface area contributed by atoms with Gasteiger partial charge in [0.05, 0.1) is 11.4 Å². The van der Waals surface area contributed by atoms with Gasteiger partial charge in [0.15, 0.2) is 0 Å². The van der Waals surface area contributed by atoms with Crippen LogP contribution in [0.5, 0.6) is 0 Å². The number of carboxylic acids is 1. The predicted molar refractivity (Wildman–Crippen MR) is 72.1 cm³/mol. The number of nitrogens with zero attached hydrogens (tertiary/aromatic N) is 1. The second kappa shape index (κ2) is 6.72. The van der Waals surface area contributed by atoms with Gasteiger partial charge in [-0.2, -0.15) is 0 Å². The molecule has 19 heavy (non-hydrogen) atoms. The zero-order chi connectivity index (χ0) is 14.4. The maximum atomic E-state index is 11.6. The van der Waals surface area contributed by atoms with Gasteiger partial charge in [-0.05, 0) is 31.9 Å². The number of rotatable bonds is 5. The molecule has 1 atom stereocenters. The minimum absolute atomic E-state index is 0.0331. The van der Waals surface area contributed by atoms with Crippen LogP contribution in [0, 0.1) is 19.8 Å². The highest BCUT2D eigenvalue weighted by molar-refractivity contribution is 5.89. The molecule has 6 nitrogen and oxygen atoms in total. The lowest BCUT2D eigenvalue weighted by Gasteiger charge is -2.12. The lowest BCUT2D eigenvalue weighted by Crippen LogP contribution is -2.33. The second-order valence-corrected chi connectivity index (χ2v) is 4.62. The predicted octanol–water partition coefficient (Wildman–Crippen LogP) is 1.93. The summed E-state index contributed by atoms with van der Waals surface area (Å²) in [7, 11) is 0. The van der Waals surface area contributed by atoms with Crippen molar-refractivity contribution in [3.63, 3.8) is 0 Å². The van der Waals surface area contributed by atoms with Crippen LogP contribution in [-0.2, 0) is 4.79 Å². The first-order valence-corrected chi connectivity index (χ1v) is 6.09. The third kappa shape index (κ3) is 5.37. The van der Waals surface area contributed by atoms with E-state index < -0.39 is 5.97 Å². The third-order valence-electron chi connectivity index (χ3n) is 2.61. The average molecular weight is 265 g/mol. The summed E-state index contributed by atoms with van der Waals surface area (Å²) in [5, 5.41) is 13.9. The molecule has 2 amide bonds. The highest BCUT2D eigenvalue weighted by Crippen LogP contribution is 2.12. The molecule has 1 aromatic rings. The fourth-order valence-electron chi connectivity index (χ4n) is 1.62. The Labute approximate surface area is 112 Å². The number of urea groups is 1. The number of pyridine rings is 1. The van der Waals surface area contributed by atoms with E-state index in [1.165, 1.54) is 0 Å². The van der Waals surface area contributed by atoms with Crippen molar-refractivity contribution in [2.24, 2.45) is 5.92 Å². The Morgan fingerprint density at radius 2 is 2.05 bits per heavy atom. The number of amides is 2. The summed E-state index contributed by atoms with van der Waals surface area (Å²) in [6.45, 7) is 5.78. The van der Waals surface area contributed by atoms with Crippen LogP contribution in [0.1, 0.15) is 24.7 Å². The van der Waals surface area contributed by atoms with Crippen LogP contribution < -0.4 is 10.6 Å². The number of carboxylic acid groups (broad SMARTS) is 1. The van der Waals surface area contributed by atoms with Gasteiger partial charge in [0, 0.05) is 18.7 Å². The van der Waals surface area contributed by atoms with Gasteiger partial charge in [-0.25, -0.2) is 4.79 Å². The van der Waals surface area contributed by atoms with E-state index in [0.717, 1.165) is 11.4 Å². The Balaban J connectivity index is 2.45. The van der Waals surface area contributed by atoms with Crippen molar-refractivity contribution in [2.75, 3.05) is 11.9 Å². The van der Waals surface area contributed by atoms with Crippen molar-refractivity contribution >= 4 is 17.7 Å². The molecule has 0 radical (unpaired) electrons. The minimum atomic E-state index is -0.867. The van der Waals surface area contributed by atoms with Crippen LogP contribution in [0.4, 0.5) is 10.5 Å². The summed E-state index contributed by atoms with van der Waals surface area (Å²) in [6.07, 6.45) is 0.0331. The molecule has 1 rings (SSSR count). The number of hydrogen-bond donors (Lipinski definition) is 3. The monoisotopic (exact) mass is 265 g/mol. The Kier molecular flexibility index (Phi) is 5.29. The number of aromatic nitrogens is 1. The van der Waals surface area contributed by atoms with Crippen LogP contribution in [0.3, 0.4) is 0 Å². The van der Waals surface area contributed by atoms with Gasteiger partial charge in [0.1, 0.15) is 0 Å². The number of carbonyl (C=O) groups excluding carboxylic acids is 1. The molecule has 3 N–H and O–H groups in total. The SMILES string of the molecule is Cc1ccc(NC(=O)NCC(C)CC(=O)O)c(C)n1. The van der Waals surface area contributed by atoms with E-state index in [-0.39, 0.29) is 18.4 Å². The van der Waals surface area contributed by atoms with E-state index in [1.807, 2.05) is 19.9 Å². The molecule has 1 heterocycles. The normalized spacial score (nSPS) is 11.7. The standard InChI is InChI=1S/C13H19N3O3/c1-8(6-12(17)18)7-14-13(19)16-11-5-4-9(2)15-10(11)3/h4-5,8H,6-7H2,1-3H3,(H,17,18)(H2,14,16,19).